The molecule has 0 N–H and O–H groups in total. The van der Waals surface area contributed by atoms with Crippen LogP contribution in [0.15, 0.2) is 194 Å². The van der Waals surface area contributed by atoms with Crippen LogP contribution in [0.25, 0.3) is 0 Å². The smallest absolute Gasteiger partial charge is 0.122 e. The number of aryl methyl sites for hydroxylation is 3. The van der Waals surface area contributed by atoms with Crippen LogP contribution in [0.1, 0.15) is 89.6 Å². The second-order valence-electron chi connectivity index (χ2n) is 23.0. The minimum absolute atomic E-state index is 0.00731. The first-order valence-corrected chi connectivity index (χ1v) is 32.7. The third-order valence-electron chi connectivity index (χ3n) is 15.6. The third kappa shape index (κ3) is 22.4. The molecule has 0 amide bonds. The Morgan fingerprint density at radius 1 is 0.250 bits per heavy atom. The summed E-state index contributed by atoms with van der Waals surface area (Å²) < 4.78 is 76.9. The summed E-state index contributed by atoms with van der Waals surface area (Å²) in [7, 11) is 0. The second-order valence-corrected chi connectivity index (χ2v) is 23.0. The van der Waals surface area contributed by atoms with Gasteiger partial charge in [-0.05, 0) is 138 Å². The predicted molar refractivity (Wildman–Crippen MR) is 357 cm³/mol. The molecule has 15 rings (SSSR count). The highest BCUT2D eigenvalue weighted by Crippen LogP contribution is 2.39. The molecule has 0 bridgehead atoms. The van der Waals surface area contributed by atoms with Crippen LogP contribution in [0.4, 0.5) is 0 Å². The van der Waals surface area contributed by atoms with Gasteiger partial charge >= 0.3 is 0 Å². The van der Waals surface area contributed by atoms with Crippen molar-refractivity contribution in [2.75, 3.05) is 92.5 Å². The molecule has 0 saturated carbocycles. The summed E-state index contributed by atoms with van der Waals surface area (Å²) in [4.78, 5) is 0. The fraction of sp³-hybridized carbons (Fsp3) is 0.385. The molecular formula is C78H90O14. The van der Waals surface area contributed by atoms with Gasteiger partial charge in [-0.25, -0.2) is 0 Å². The summed E-state index contributed by atoms with van der Waals surface area (Å²) in [6.07, 6.45) is 1.86. The maximum atomic E-state index is 5.96. The van der Waals surface area contributed by atoms with Crippen molar-refractivity contribution in [1.82, 2.24) is 0 Å². The maximum Gasteiger partial charge on any atom is 0.122 e. The molecule has 14 heteroatoms. The van der Waals surface area contributed by atoms with Crippen molar-refractivity contribution in [2.24, 2.45) is 0 Å². The van der Waals surface area contributed by atoms with Crippen LogP contribution in [0.5, 0.6) is 40.2 Å². The largest absolute Gasteiger partial charge is 0.491 e. The Hall–Kier alpha value is -7.92. The number of epoxide rings is 7. The van der Waals surface area contributed by atoms with Crippen molar-refractivity contribution >= 4 is 0 Å². The Labute approximate surface area is 543 Å². The van der Waals surface area contributed by atoms with Crippen molar-refractivity contribution in [3.05, 3.63) is 244 Å². The van der Waals surface area contributed by atoms with E-state index in [2.05, 4.69) is 121 Å². The summed E-state index contributed by atoms with van der Waals surface area (Å²) in [5.74, 6) is 6.29. The monoisotopic (exact) mass is 1250 g/mol. The highest BCUT2D eigenvalue weighted by molar-refractivity contribution is 5.50. The van der Waals surface area contributed by atoms with E-state index in [9.17, 15) is 0 Å². The van der Waals surface area contributed by atoms with Crippen molar-refractivity contribution in [1.29, 1.82) is 0 Å². The number of para-hydroxylation sites is 3. The molecule has 0 aromatic heterocycles. The van der Waals surface area contributed by atoms with Gasteiger partial charge in [0, 0.05) is 11.8 Å². The van der Waals surface area contributed by atoms with E-state index in [4.69, 9.17) is 66.3 Å². The van der Waals surface area contributed by atoms with Crippen molar-refractivity contribution in [3.63, 3.8) is 0 Å². The Morgan fingerprint density at radius 2 is 0.413 bits per heavy atom. The standard InChI is InChI=1S/C44H42O8.3C10H12O2.2C2H6/c1-2-30(44(33-9-17-37(18-10-33)47-23-41-27-51-41)34-11-19-38(20-12-34)48-24-42-28-52-42)4-3-29(1)43(31-5-13-35(14-6-31)45-21-39-25-49-39)32-7-15-36(16-8-32)46-22-40-26-50-40;3*1-8-4-2-3-5-10(8)12-7-9-6-11-9;2*1-2/h1-20,39-44H,21-28H2;3*2-5,9H,6-7H2,1H3;2*1-2H3. The Kier molecular flexibility index (Phi) is 25.2. The Balaban J connectivity index is 0.000000185. The summed E-state index contributed by atoms with van der Waals surface area (Å²) in [6.45, 7) is 24.2. The fourth-order valence-corrected chi connectivity index (χ4v) is 9.67. The summed E-state index contributed by atoms with van der Waals surface area (Å²) in [6, 6.07) is 66.8. The van der Waals surface area contributed by atoms with Crippen molar-refractivity contribution in [3.8, 4) is 40.2 Å². The Morgan fingerprint density at radius 3 is 0.587 bits per heavy atom. The molecule has 7 fully saturated rings. The molecular weight excluding hydrogens is 1160 g/mol. The topological polar surface area (TPSA) is 152 Å². The molecule has 0 radical (unpaired) electrons. The van der Waals surface area contributed by atoms with Crippen molar-refractivity contribution in [2.45, 2.75) is 103 Å². The quantitative estimate of drug-likeness (QED) is 0.0354. The average Bonchev–Trinajstić information content (AvgIpc) is 1.87. The molecule has 7 atom stereocenters. The molecule has 0 spiro atoms. The number of hydrogen-bond acceptors (Lipinski definition) is 14. The average molecular weight is 1250 g/mol. The predicted octanol–water partition coefficient (Wildman–Crippen LogP) is 14.5. The summed E-state index contributed by atoms with van der Waals surface area (Å²) >= 11 is 0. The van der Waals surface area contributed by atoms with Crippen LogP contribution in [0, 0.1) is 20.8 Å². The lowest BCUT2D eigenvalue weighted by molar-refractivity contribution is 0.262. The fourth-order valence-electron chi connectivity index (χ4n) is 9.67. The van der Waals surface area contributed by atoms with Crippen LogP contribution in [0.3, 0.4) is 0 Å². The van der Waals surface area contributed by atoms with Gasteiger partial charge in [-0.1, -0.05) is 155 Å². The van der Waals surface area contributed by atoms with Crippen molar-refractivity contribution < 1.29 is 66.3 Å². The van der Waals surface area contributed by atoms with E-state index in [1.807, 2.05) is 121 Å². The molecule has 0 aliphatic carbocycles. The number of ether oxygens (including phenoxy) is 14. The number of rotatable bonds is 27. The van der Waals surface area contributed by atoms with Gasteiger partial charge in [-0.3, -0.25) is 0 Å². The first-order valence-electron chi connectivity index (χ1n) is 32.7. The summed E-state index contributed by atoms with van der Waals surface area (Å²) in [5.41, 5.74) is 10.6. The molecule has 7 aliphatic rings. The van der Waals surface area contributed by atoms with Crippen LogP contribution in [-0.2, 0) is 33.2 Å². The van der Waals surface area contributed by atoms with Gasteiger partial charge in [-0.2, -0.15) is 0 Å². The molecule has 8 aromatic carbocycles. The van der Waals surface area contributed by atoms with Crippen LogP contribution in [-0.4, -0.2) is 135 Å². The van der Waals surface area contributed by atoms with Gasteiger partial charge in [0.15, 0.2) is 0 Å². The van der Waals surface area contributed by atoms with Gasteiger partial charge in [0.2, 0.25) is 0 Å². The highest BCUT2D eigenvalue weighted by atomic mass is 16.6. The highest BCUT2D eigenvalue weighted by Gasteiger charge is 2.29. The van der Waals surface area contributed by atoms with Crippen LogP contribution >= 0.6 is 0 Å². The number of hydrogen-bond donors (Lipinski definition) is 0. The minimum atomic E-state index is 0.00731. The third-order valence-corrected chi connectivity index (χ3v) is 15.6. The zero-order chi connectivity index (χ0) is 63.9. The lowest BCUT2D eigenvalue weighted by atomic mass is 9.81. The zero-order valence-electron chi connectivity index (χ0n) is 54.3. The van der Waals surface area contributed by atoms with E-state index >= 15 is 0 Å². The maximum absolute atomic E-state index is 5.96. The van der Waals surface area contributed by atoms with Gasteiger partial charge < -0.3 is 66.3 Å². The SMILES string of the molecule is CC.CC.Cc1ccccc1OCC1CO1.Cc1ccccc1OCC1CO1.Cc1ccccc1OCC1CO1.c1cc(C(c2ccc(OCC3CO3)cc2)c2ccc(C(c3ccc(OCC4CO4)cc3)c3ccc(OCC4CO4)cc3)cc2)ccc1OCC1CO1. The Bertz CT molecular complexity index is 3010. The van der Waals surface area contributed by atoms with E-state index in [0.717, 1.165) is 86.5 Å². The van der Waals surface area contributed by atoms with Gasteiger partial charge in [0.25, 0.3) is 0 Å². The molecule has 8 aromatic rings. The van der Waals surface area contributed by atoms with E-state index in [0.29, 0.717) is 64.6 Å². The molecule has 7 aliphatic heterocycles. The molecule has 92 heavy (non-hydrogen) atoms. The molecule has 486 valence electrons. The summed E-state index contributed by atoms with van der Waals surface area (Å²) in [5, 5.41) is 0. The second kappa shape index (κ2) is 34.7. The lowest BCUT2D eigenvalue weighted by Crippen LogP contribution is -2.08. The first kappa shape index (κ1) is 67.0. The van der Waals surface area contributed by atoms with Gasteiger partial charge in [0.1, 0.15) is 129 Å². The van der Waals surface area contributed by atoms with E-state index in [1.165, 1.54) is 50.1 Å². The first-order chi connectivity index (χ1) is 45.3. The van der Waals surface area contributed by atoms with E-state index in [1.54, 1.807) is 0 Å². The molecule has 7 unspecified atom stereocenters. The van der Waals surface area contributed by atoms with Gasteiger partial charge in [-0.15, -0.1) is 0 Å². The normalized spacial score (nSPS) is 20.7. The van der Waals surface area contributed by atoms with Crippen LogP contribution < -0.4 is 33.2 Å². The van der Waals surface area contributed by atoms with Crippen LogP contribution in [0.2, 0.25) is 0 Å². The molecule has 14 nitrogen and oxygen atoms in total. The minimum Gasteiger partial charge on any atom is -0.491 e. The van der Waals surface area contributed by atoms with E-state index in [-0.39, 0.29) is 36.3 Å². The van der Waals surface area contributed by atoms with E-state index < -0.39 is 0 Å². The van der Waals surface area contributed by atoms with Gasteiger partial charge in [0.05, 0.1) is 46.2 Å². The zero-order valence-corrected chi connectivity index (χ0v) is 54.3. The molecule has 7 saturated heterocycles. The lowest BCUT2D eigenvalue weighted by Gasteiger charge is -2.23. The number of benzene rings is 8. The molecule has 7 heterocycles.